The monoisotopic (exact) mass is 279 g/mol. The number of carbonyl (C=O) groups is 1. The Kier molecular flexibility index (Phi) is 4.02. The topological polar surface area (TPSA) is 72.6 Å². The molecule has 0 aliphatic heterocycles. The summed E-state index contributed by atoms with van der Waals surface area (Å²) >= 11 is 0. The van der Waals surface area contributed by atoms with E-state index in [-0.39, 0.29) is 17.2 Å². The van der Waals surface area contributed by atoms with E-state index in [2.05, 4.69) is 4.98 Å². The minimum absolute atomic E-state index is 0.0361. The fraction of sp³-hybridized carbons (Fsp3) is 0.286. The summed E-state index contributed by atoms with van der Waals surface area (Å²) < 4.78 is 24.0. The van der Waals surface area contributed by atoms with Gasteiger partial charge in [-0.1, -0.05) is 13.3 Å². The molecule has 6 heteroatoms. The van der Waals surface area contributed by atoms with Crippen molar-refractivity contribution in [2.75, 3.05) is 7.11 Å². The van der Waals surface area contributed by atoms with Gasteiger partial charge in [-0.2, -0.15) is 0 Å². The number of aromatic nitrogens is 1. The molecule has 0 amide bonds. The lowest BCUT2D eigenvalue weighted by atomic mass is 10.2. The molecule has 0 saturated carbocycles. The lowest BCUT2D eigenvalue weighted by molar-refractivity contribution is 0.0661. The van der Waals surface area contributed by atoms with Gasteiger partial charge in [-0.15, -0.1) is 0 Å². The van der Waals surface area contributed by atoms with Gasteiger partial charge in [0.25, 0.3) is 0 Å². The molecule has 0 spiro atoms. The maximum atomic E-state index is 13.9. The number of aromatic carboxylic acids is 1. The average Bonchev–Trinajstić information content (AvgIpc) is 2.83. The van der Waals surface area contributed by atoms with Gasteiger partial charge in [0, 0.05) is 6.07 Å². The predicted molar refractivity (Wildman–Crippen MR) is 69.4 cm³/mol. The number of methoxy groups -OCH3 is 1. The van der Waals surface area contributed by atoms with Gasteiger partial charge < -0.3 is 14.3 Å². The van der Waals surface area contributed by atoms with Crippen LogP contribution in [0.4, 0.5) is 4.39 Å². The molecular weight excluding hydrogens is 265 g/mol. The molecule has 5 nitrogen and oxygen atoms in total. The van der Waals surface area contributed by atoms with Crippen LogP contribution >= 0.6 is 0 Å². The van der Waals surface area contributed by atoms with E-state index in [0.717, 1.165) is 6.42 Å². The molecule has 0 unspecified atom stereocenters. The quantitative estimate of drug-likeness (QED) is 0.910. The minimum Gasteiger partial charge on any atom is -0.497 e. The number of halogens is 1. The van der Waals surface area contributed by atoms with E-state index in [1.807, 2.05) is 6.92 Å². The van der Waals surface area contributed by atoms with Crippen molar-refractivity contribution in [2.45, 2.75) is 19.8 Å². The zero-order valence-electron chi connectivity index (χ0n) is 11.1. The van der Waals surface area contributed by atoms with Crippen LogP contribution in [0.25, 0.3) is 11.5 Å². The fourth-order valence-corrected chi connectivity index (χ4v) is 1.84. The first-order chi connectivity index (χ1) is 9.56. The van der Waals surface area contributed by atoms with Crippen LogP contribution in [0.3, 0.4) is 0 Å². The second-order valence-electron chi connectivity index (χ2n) is 4.20. The van der Waals surface area contributed by atoms with Crippen LogP contribution in [-0.4, -0.2) is 23.2 Å². The first-order valence-corrected chi connectivity index (χ1v) is 6.13. The molecule has 0 radical (unpaired) electrons. The largest absolute Gasteiger partial charge is 0.497 e. The van der Waals surface area contributed by atoms with E-state index >= 15 is 0 Å². The number of nitrogens with zero attached hydrogens (tertiary/aromatic N) is 1. The zero-order chi connectivity index (χ0) is 14.7. The van der Waals surface area contributed by atoms with Crippen LogP contribution in [0.1, 0.15) is 29.6 Å². The van der Waals surface area contributed by atoms with E-state index in [1.54, 1.807) is 6.07 Å². The zero-order valence-corrected chi connectivity index (χ0v) is 11.1. The second-order valence-corrected chi connectivity index (χ2v) is 4.20. The normalized spacial score (nSPS) is 10.6. The summed E-state index contributed by atoms with van der Waals surface area (Å²) in [5.41, 5.74) is 0.431. The molecule has 2 rings (SSSR count). The van der Waals surface area contributed by atoms with E-state index in [0.29, 0.717) is 17.9 Å². The molecule has 106 valence electrons. The fourth-order valence-electron chi connectivity index (χ4n) is 1.84. The number of rotatable bonds is 5. The lowest BCUT2D eigenvalue weighted by Crippen LogP contribution is -1.99. The Hall–Kier alpha value is -2.37. The molecule has 1 aromatic carbocycles. The Balaban J connectivity index is 2.47. The van der Waals surface area contributed by atoms with Gasteiger partial charge in [0.15, 0.2) is 0 Å². The molecule has 20 heavy (non-hydrogen) atoms. The third-order valence-corrected chi connectivity index (χ3v) is 2.79. The average molecular weight is 279 g/mol. The first kappa shape index (κ1) is 14.0. The van der Waals surface area contributed by atoms with Crippen molar-refractivity contribution in [3.8, 4) is 17.2 Å². The Morgan fingerprint density at radius 2 is 2.25 bits per heavy atom. The molecule has 2 aromatic rings. The van der Waals surface area contributed by atoms with Crippen molar-refractivity contribution in [3.05, 3.63) is 35.5 Å². The molecule has 1 heterocycles. The first-order valence-electron chi connectivity index (χ1n) is 6.13. The van der Waals surface area contributed by atoms with Crippen molar-refractivity contribution >= 4 is 5.97 Å². The number of carboxylic acids is 1. The summed E-state index contributed by atoms with van der Waals surface area (Å²) in [6.07, 6.45) is 1.18. The number of hydrogen-bond acceptors (Lipinski definition) is 4. The molecule has 0 bridgehead atoms. The molecule has 0 aliphatic carbocycles. The summed E-state index contributed by atoms with van der Waals surface area (Å²) in [6, 6.07) is 4.20. The summed E-state index contributed by atoms with van der Waals surface area (Å²) in [6.45, 7) is 1.90. The van der Waals surface area contributed by atoms with Gasteiger partial charge in [0.1, 0.15) is 11.6 Å². The third kappa shape index (κ3) is 2.64. The van der Waals surface area contributed by atoms with Gasteiger partial charge in [0.05, 0.1) is 18.4 Å². The van der Waals surface area contributed by atoms with E-state index in [9.17, 15) is 9.18 Å². The summed E-state index contributed by atoms with van der Waals surface area (Å²) in [5, 5.41) is 9.06. The maximum Gasteiger partial charge on any atom is 0.373 e. The second kappa shape index (κ2) is 5.73. The standard InChI is InChI=1S/C14H14FNO4/c1-3-4-11-12(14(17)18)20-13(16-11)9-6-5-8(19-2)7-10(9)15/h5-7H,3-4H2,1-2H3,(H,17,18). The predicted octanol–water partition coefficient (Wildman–Crippen LogP) is 3.14. The van der Waals surface area contributed by atoms with Crippen molar-refractivity contribution < 1.29 is 23.4 Å². The van der Waals surface area contributed by atoms with Crippen molar-refractivity contribution in [1.29, 1.82) is 0 Å². The van der Waals surface area contributed by atoms with Crippen LogP contribution in [0.15, 0.2) is 22.6 Å². The molecule has 0 atom stereocenters. The van der Waals surface area contributed by atoms with Crippen LogP contribution in [0.2, 0.25) is 0 Å². The van der Waals surface area contributed by atoms with Crippen LogP contribution in [0.5, 0.6) is 5.75 Å². The molecule has 1 N–H and O–H groups in total. The SMILES string of the molecule is CCCc1nc(-c2ccc(OC)cc2F)oc1C(=O)O. The molecule has 1 aromatic heterocycles. The Morgan fingerprint density at radius 1 is 1.50 bits per heavy atom. The molecule has 0 fully saturated rings. The van der Waals surface area contributed by atoms with E-state index in [4.69, 9.17) is 14.3 Å². The highest BCUT2D eigenvalue weighted by atomic mass is 19.1. The molecule has 0 saturated heterocycles. The highest BCUT2D eigenvalue weighted by Crippen LogP contribution is 2.28. The molecule has 0 aliphatic rings. The number of aryl methyl sites for hydroxylation is 1. The van der Waals surface area contributed by atoms with Crippen LogP contribution in [0, 0.1) is 5.82 Å². The number of oxazole rings is 1. The lowest BCUT2D eigenvalue weighted by Gasteiger charge is -2.02. The van der Waals surface area contributed by atoms with Gasteiger partial charge in [-0.05, 0) is 18.6 Å². The van der Waals surface area contributed by atoms with E-state index in [1.165, 1.54) is 19.2 Å². The highest BCUT2D eigenvalue weighted by Gasteiger charge is 2.21. The van der Waals surface area contributed by atoms with Crippen molar-refractivity contribution in [2.24, 2.45) is 0 Å². The summed E-state index contributed by atoms with van der Waals surface area (Å²) in [7, 11) is 1.43. The number of benzene rings is 1. The summed E-state index contributed by atoms with van der Waals surface area (Å²) in [4.78, 5) is 15.2. The third-order valence-electron chi connectivity index (χ3n) is 2.79. The maximum absolute atomic E-state index is 13.9. The number of ether oxygens (including phenoxy) is 1. The summed E-state index contributed by atoms with van der Waals surface area (Å²) in [5.74, 6) is -1.69. The van der Waals surface area contributed by atoms with Crippen molar-refractivity contribution in [1.82, 2.24) is 4.98 Å². The van der Waals surface area contributed by atoms with Gasteiger partial charge in [-0.25, -0.2) is 14.2 Å². The highest BCUT2D eigenvalue weighted by molar-refractivity contribution is 5.86. The van der Waals surface area contributed by atoms with Crippen LogP contribution < -0.4 is 4.74 Å². The van der Waals surface area contributed by atoms with Crippen LogP contribution in [-0.2, 0) is 6.42 Å². The Bertz CT molecular complexity index is 636. The number of hydrogen-bond donors (Lipinski definition) is 1. The van der Waals surface area contributed by atoms with Gasteiger partial charge >= 0.3 is 5.97 Å². The Labute approximate surface area is 115 Å². The minimum atomic E-state index is -1.21. The number of carboxylic acid groups (broad SMARTS) is 1. The van der Waals surface area contributed by atoms with E-state index < -0.39 is 11.8 Å². The van der Waals surface area contributed by atoms with Gasteiger partial charge in [0.2, 0.25) is 11.7 Å². The smallest absolute Gasteiger partial charge is 0.373 e. The van der Waals surface area contributed by atoms with Crippen molar-refractivity contribution in [3.63, 3.8) is 0 Å². The Morgan fingerprint density at radius 3 is 2.80 bits per heavy atom. The molecular formula is C14H14FNO4. The van der Waals surface area contributed by atoms with Gasteiger partial charge in [-0.3, -0.25) is 0 Å².